The van der Waals surface area contributed by atoms with Crippen molar-refractivity contribution >= 4 is 16.8 Å². The van der Waals surface area contributed by atoms with Crippen molar-refractivity contribution in [2.45, 2.75) is 64.5 Å². The Morgan fingerprint density at radius 3 is 2.58 bits per heavy atom. The zero-order chi connectivity index (χ0) is 16.9. The summed E-state index contributed by atoms with van der Waals surface area (Å²) in [5, 5.41) is 3.87. The fourth-order valence-electron chi connectivity index (χ4n) is 3.59. The lowest BCUT2D eigenvalue weighted by atomic mass is 9.97. The molecule has 1 aromatic carbocycles. The summed E-state index contributed by atoms with van der Waals surface area (Å²) in [6.45, 7) is 2.23. The number of hydrogen-bond donors (Lipinski definition) is 1. The van der Waals surface area contributed by atoms with Crippen LogP contribution in [0.2, 0.25) is 0 Å². The first-order valence-corrected chi connectivity index (χ1v) is 9.03. The quantitative estimate of drug-likeness (QED) is 0.938. The minimum Gasteiger partial charge on any atom is -0.352 e. The SMILES string of the molecule is Cc1ccc2c(c1)c(=O)ccn2CC(=O)NC1CCCCCCC1. The van der Waals surface area contributed by atoms with Gasteiger partial charge < -0.3 is 9.88 Å². The zero-order valence-electron chi connectivity index (χ0n) is 14.4. The maximum absolute atomic E-state index is 12.5. The lowest BCUT2D eigenvalue weighted by molar-refractivity contribution is -0.122. The van der Waals surface area contributed by atoms with Crippen molar-refractivity contribution < 1.29 is 4.79 Å². The highest BCUT2D eigenvalue weighted by atomic mass is 16.2. The third-order valence-electron chi connectivity index (χ3n) is 4.92. The van der Waals surface area contributed by atoms with Crippen molar-refractivity contribution in [3.8, 4) is 0 Å². The molecule has 24 heavy (non-hydrogen) atoms. The Bertz CT molecular complexity index is 771. The highest BCUT2D eigenvalue weighted by Crippen LogP contribution is 2.17. The molecule has 2 aromatic rings. The molecule has 0 spiro atoms. The van der Waals surface area contributed by atoms with Crippen molar-refractivity contribution in [1.82, 2.24) is 9.88 Å². The predicted molar refractivity (Wildman–Crippen MR) is 97.2 cm³/mol. The molecule has 1 N–H and O–H groups in total. The van der Waals surface area contributed by atoms with Crippen LogP contribution in [0.1, 0.15) is 50.5 Å². The van der Waals surface area contributed by atoms with Gasteiger partial charge in [-0.2, -0.15) is 0 Å². The molecule has 1 amide bonds. The molecule has 128 valence electrons. The largest absolute Gasteiger partial charge is 0.352 e. The summed E-state index contributed by atoms with van der Waals surface area (Å²) >= 11 is 0. The van der Waals surface area contributed by atoms with Crippen LogP contribution in [0.5, 0.6) is 0 Å². The molecular weight excluding hydrogens is 300 g/mol. The van der Waals surface area contributed by atoms with Gasteiger partial charge in [0.2, 0.25) is 5.91 Å². The second-order valence-corrected chi connectivity index (χ2v) is 6.94. The smallest absolute Gasteiger partial charge is 0.240 e. The van der Waals surface area contributed by atoms with Gasteiger partial charge in [0, 0.05) is 23.7 Å². The van der Waals surface area contributed by atoms with Gasteiger partial charge in [0.15, 0.2) is 5.43 Å². The van der Waals surface area contributed by atoms with Crippen LogP contribution in [0.4, 0.5) is 0 Å². The Hall–Kier alpha value is -2.10. The Balaban J connectivity index is 1.73. The molecule has 4 nitrogen and oxygen atoms in total. The fourth-order valence-corrected chi connectivity index (χ4v) is 3.59. The minimum atomic E-state index is 0.00498. The van der Waals surface area contributed by atoms with Gasteiger partial charge >= 0.3 is 0 Å². The Kier molecular flexibility index (Phi) is 5.34. The lowest BCUT2D eigenvalue weighted by Crippen LogP contribution is -2.37. The standard InChI is InChI=1S/C20H26N2O2/c1-15-9-10-18-17(13-15)19(23)11-12-22(18)14-20(24)21-16-7-5-3-2-4-6-8-16/h9-13,16H,2-8,14H2,1H3,(H,21,24). The number of pyridine rings is 1. The van der Waals surface area contributed by atoms with Gasteiger partial charge in [0.05, 0.1) is 5.52 Å². The van der Waals surface area contributed by atoms with Crippen molar-refractivity contribution in [2.24, 2.45) is 0 Å². The van der Waals surface area contributed by atoms with Crippen molar-refractivity contribution in [3.63, 3.8) is 0 Å². The third-order valence-corrected chi connectivity index (χ3v) is 4.92. The molecule has 0 saturated heterocycles. The molecule has 1 saturated carbocycles. The van der Waals surface area contributed by atoms with E-state index < -0.39 is 0 Å². The fraction of sp³-hybridized carbons (Fsp3) is 0.500. The molecule has 1 aromatic heterocycles. The van der Waals surface area contributed by atoms with E-state index in [-0.39, 0.29) is 17.9 Å². The van der Waals surface area contributed by atoms with E-state index in [1.807, 2.05) is 29.7 Å². The van der Waals surface area contributed by atoms with Gasteiger partial charge in [-0.25, -0.2) is 0 Å². The van der Waals surface area contributed by atoms with Crippen LogP contribution in [-0.4, -0.2) is 16.5 Å². The number of aromatic nitrogens is 1. The van der Waals surface area contributed by atoms with Gasteiger partial charge in [-0.1, -0.05) is 43.7 Å². The average molecular weight is 326 g/mol. The van der Waals surface area contributed by atoms with E-state index in [2.05, 4.69) is 5.32 Å². The van der Waals surface area contributed by atoms with E-state index in [9.17, 15) is 9.59 Å². The van der Waals surface area contributed by atoms with Crippen molar-refractivity contribution in [3.05, 3.63) is 46.2 Å². The minimum absolute atomic E-state index is 0.00498. The second-order valence-electron chi connectivity index (χ2n) is 6.94. The molecule has 0 bridgehead atoms. The predicted octanol–water partition coefficient (Wildman–Crippen LogP) is 3.54. The third kappa shape index (κ3) is 4.05. The van der Waals surface area contributed by atoms with Crippen LogP contribution in [0.15, 0.2) is 35.3 Å². The van der Waals surface area contributed by atoms with E-state index in [0.29, 0.717) is 11.4 Å². The first-order valence-electron chi connectivity index (χ1n) is 9.03. The van der Waals surface area contributed by atoms with E-state index in [4.69, 9.17) is 0 Å². The van der Waals surface area contributed by atoms with Crippen LogP contribution < -0.4 is 10.7 Å². The van der Waals surface area contributed by atoms with Gasteiger partial charge in [-0.05, 0) is 31.9 Å². The highest BCUT2D eigenvalue weighted by Gasteiger charge is 2.14. The maximum atomic E-state index is 12.5. The molecule has 1 aliphatic rings. The summed E-state index contributed by atoms with van der Waals surface area (Å²) in [6, 6.07) is 7.64. The van der Waals surface area contributed by atoms with Gasteiger partial charge in [0.1, 0.15) is 6.54 Å². The van der Waals surface area contributed by atoms with Crippen molar-refractivity contribution in [1.29, 1.82) is 0 Å². The molecule has 4 heteroatoms. The molecule has 0 aliphatic heterocycles. The molecular formula is C20H26N2O2. The number of carbonyl (C=O) groups excluding carboxylic acids is 1. The van der Waals surface area contributed by atoms with Crippen LogP contribution in [0.3, 0.4) is 0 Å². The molecule has 0 atom stereocenters. The lowest BCUT2D eigenvalue weighted by Gasteiger charge is -2.21. The van der Waals surface area contributed by atoms with Crippen LogP contribution in [0, 0.1) is 6.92 Å². The number of carbonyl (C=O) groups is 1. The summed E-state index contributed by atoms with van der Waals surface area (Å²) in [5.74, 6) is 0.0334. The van der Waals surface area contributed by atoms with E-state index in [1.54, 1.807) is 12.3 Å². The second kappa shape index (κ2) is 7.65. The molecule has 0 unspecified atom stereocenters. The van der Waals surface area contributed by atoms with Crippen LogP contribution in [-0.2, 0) is 11.3 Å². The Morgan fingerprint density at radius 2 is 1.83 bits per heavy atom. The van der Waals surface area contributed by atoms with E-state index >= 15 is 0 Å². The molecule has 1 fully saturated rings. The summed E-state index contributed by atoms with van der Waals surface area (Å²) in [6.07, 6.45) is 10.1. The number of aryl methyl sites for hydroxylation is 1. The number of amides is 1. The van der Waals surface area contributed by atoms with Gasteiger partial charge in [-0.15, -0.1) is 0 Å². The molecule has 1 heterocycles. The average Bonchev–Trinajstić information content (AvgIpc) is 2.53. The van der Waals surface area contributed by atoms with E-state index in [0.717, 1.165) is 23.9 Å². The number of hydrogen-bond acceptors (Lipinski definition) is 2. The first kappa shape index (κ1) is 16.7. The van der Waals surface area contributed by atoms with Crippen molar-refractivity contribution in [2.75, 3.05) is 0 Å². The monoisotopic (exact) mass is 326 g/mol. The topological polar surface area (TPSA) is 51.1 Å². The Labute approximate surface area is 142 Å². The van der Waals surface area contributed by atoms with Crippen LogP contribution >= 0.6 is 0 Å². The highest BCUT2D eigenvalue weighted by molar-refractivity contribution is 5.82. The normalized spacial score (nSPS) is 16.5. The molecule has 1 aliphatic carbocycles. The number of nitrogens with one attached hydrogen (secondary N) is 1. The summed E-state index contributed by atoms with van der Waals surface area (Å²) in [7, 11) is 0. The summed E-state index contributed by atoms with van der Waals surface area (Å²) in [5.41, 5.74) is 1.88. The van der Waals surface area contributed by atoms with Crippen LogP contribution in [0.25, 0.3) is 10.9 Å². The summed E-state index contributed by atoms with van der Waals surface area (Å²) < 4.78 is 1.87. The van der Waals surface area contributed by atoms with Gasteiger partial charge in [0.25, 0.3) is 0 Å². The number of benzene rings is 1. The van der Waals surface area contributed by atoms with Gasteiger partial charge in [-0.3, -0.25) is 9.59 Å². The summed E-state index contributed by atoms with van der Waals surface area (Å²) in [4.78, 5) is 24.5. The molecule has 0 radical (unpaired) electrons. The number of fused-ring (bicyclic) bond motifs is 1. The zero-order valence-corrected chi connectivity index (χ0v) is 14.4. The van der Waals surface area contributed by atoms with E-state index in [1.165, 1.54) is 32.1 Å². The first-order chi connectivity index (χ1) is 11.6. The maximum Gasteiger partial charge on any atom is 0.240 e. The number of nitrogens with zero attached hydrogens (tertiary/aromatic N) is 1. The Morgan fingerprint density at radius 1 is 1.12 bits per heavy atom. The number of rotatable bonds is 3. The molecule has 3 rings (SSSR count).